The summed E-state index contributed by atoms with van der Waals surface area (Å²) in [5.74, 6) is -1.01. The summed E-state index contributed by atoms with van der Waals surface area (Å²) in [5, 5.41) is 0. The Kier molecular flexibility index (Phi) is 7.61. The highest BCUT2D eigenvalue weighted by Gasteiger charge is 2.22. The number of hydrogen-bond acceptors (Lipinski definition) is 5. The predicted molar refractivity (Wildman–Crippen MR) is 112 cm³/mol. The van der Waals surface area contributed by atoms with Crippen LogP contribution in [0.15, 0.2) is 30.3 Å². The fraction of sp³-hybridized carbons (Fsp3) is 0.435. The van der Waals surface area contributed by atoms with Crippen LogP contribution in [0, 0.1) is 13.8 Å². The van der Waals surface area contributed by atoms with Crippen LogP contribution in [0.2, 0.25) is 0 Å². The van der Waals surface area contributed by atoms with Crippen LogP contribution in [0.4, 0.5) is 8.78 Å². The lowest BCUT2D eigenvalue weighted by atomic mass is 10.1. The number of benzene rings is 1. The van der Waals surface area contributed by atoms with Gasteiger partial charge < -0.3 is 18.9 Å². The molecule has 32 heavy (non-hydrogen) atoms. The lowest BCUT2D eigenvalue weighted by Crippen LogP contribution is -2.36. The number of hydrogen-bond donors (Lipinski definition) is 0. The molecule has 1 saturated heterocycles. The Hall–Kier alpha value is -3.23. The third kappa shape index (κ3) is 5.72. The highest BCUT2D eigenvalue weighted by atomic mass is 19.3. The number of aryl methyl sites for hydroxylation is 1. The monoisotopic (exact) mass is 448 g/mol. The lowest BCUT2D eigenvalue weighted by molar-refractivity contribution is -0.148. The first-order chi connectivity index (χ1) is 15.3. The van der Waals surface area contributed by atoms with E-state index in [9.17, 15) is 23.2 Å². The molecule has 1 aromatic heterocycles. The van der Waals surface area contributed by atoms with Gasteiger partial charge in [-0.05, 0) is 57.0 Å². The Balaban J connectivity index is 1.63. The largest absolute Gasteiger partial charge is 0.456 e. The molecule has 172 valence electrons. The highest BCUT2D eigenvalue weighted by molar-refractivity contribution is 5.99. The molecule has 2 aromatic rings. The van der Waals surface area contributed by atoms with Crippen molar-refractivity contribution in [2.45, 2.75) is 46.1 Å². The van der Waals surface area contributed by atoms with Gasteiger partial charge in [-0.3, -0.25) is 14.4 Å². The summed E-state index contributed by atoms with van der Waals surface area (Å²) < 4.78 is 36.0. The van der Waals surface area contributed by atoms with Gasteiger partial charge in [-0.1, -0.05) is 6.42 Å². The van der Waals surface area contributed by atoms with Gasteiger partial charge in [-0.2, -0.15) is 8.78 Å². The Morgan fingerprint density at radius 2 is 1.81 bits per heavy atom. The zero-order valence-electron chi connectivity index (χ0n) is 18.1. The molecule has 9 heteroatoms. The predicted octanol–water partition coefficient (Wildman–Crippen LogP) is 3.82. The molecule has 7 nitrogen and oxygen atoms in total. The SMILES string of the molecule is Cc1cc(C(=O)COC(=O)CN2CCCCCC2=O)c(C)n1-c1ccc(OC(F)F)cc1. The molecule has 0 saturated carbocycles. The third-order valence-corrected chi connectivity index (χ3v) is 5.41. The fourth-order valence-electron chi connectivity index (χ4n) is 3.85. The number of esters is 1. The van der Waals surface area contributed by atoms with Crippen molar-refractivity contribution in [1.82, 2.24) is 9.47 Å². The first-order valence-corrected chi connectivity index (χ1v) is 10.5. The Bertz CT molecular complexity index is 985. The van der Waals surface area contributed by atoms with E-state index in [2.05, 4.69) is 4.74 Å². The number of ketones is 1. The second kappa shape index (κ2) is 10.4. The van der Waals surface area contributed by atoms with Crippen molar-refractivity contribution < 1.29 is 32.6 Å². The first-order valence-electron chi connectivity index (χ1n) is 10.5. The van der Waals surface area contributed by atoms with E-state index in [1.54, 1.807) is 29.7 Å². The zero-order chi connectivity index (χ0) is 23.3. The van der Waals surface area contributed by atoms with Gasteiger partial charge in [0.1, 0.15) is 12.3 Å². The highest BCUT2D eigenvalue weighted by Crippen LogP contribution is 2.24. The molecule has 1 amide bonds. The smallest absolute Gasteiger partial charge is 0.387 e. The van der Waals surface area contributed by atoms with Gasteiger partial charge in [0.15, 0.2) is 6.61 Å². The Morgan fingerprint density at radius 3 is 2.50 bits per heavy atom. The molecule has 1 fully saturated rings. The molecular formula is C23H26F2N2O5. The first kappa shape index (κ1) is 23.4. The standard InChI is InChI=1S/C23H26F2N2O5/c1-15-12-19(16(2)27(15)17-7-9-18(10-8-17)32-23(24)25)20(28)14-31-22(30)13-26-11-5-3-4-6-21(26)29/h7-10,12,23H,3-6,11,13-14H2,1-2H3. The molecule has 3 rings (SSSR count). The van der Waals surface area contributed by atoms with Crippen LogP contribution in [0.5, 0.6) is 5.75 Å². The number of aromatic nitrogens is 1. The summed E-state index contributed by atoms with van der Waals surface area (Å²) >= 11 is 0. The number of rotatable bonds is 8. The average Bonchev–Trinajstić information content (AvgIpc) is 2.90. The molecule has 0 bridgehead atoms. The molecule has 0 aliphatic carbocycles. The minimum Gasteiger partial charge on any atom is -0.456 e. The van der Waals surface area contributed by atoms with Gasteiger partial charge in [-0.25, -0.2) is 0 Å². The van der Waals surface area contributed by atoms with Gasteiger partial charge in [0.25, 0.3) is 0 Å². The molecular weight excluding hydrogens is 422 g/mol. The second-order valence-corrected chi connectivity index (χ2v) is 7.70. The zero-order valence-corrected chi connectivity index (χ0v) is 18.1. The number of Topliss-reactive ketones (excluding diaryl/α,β-unsaturated/α-hetero) is 1. The van der Waals surface area contributed by atoms with E-state index >= 15 is 0 Å². The topological polar surface area (TPSA) is 77.8 Å². The molecule has 0 atom stereocenters. The number of nitrogens with zero attached hydrogens (tertiary/aromatic N) is 2. The number of alkyl halides is 2. The molecule has 0 N–H and O–H groups in total. The number of carbonyl (C=O) groups is 3. The van der Waals surface area contributed by atoms with Gasteiger partial charge in [-0.15, -0.1) is 0 Å². The van der Waals surface area contributed by atoms with E-state index in [1.165, 1.54) is 17.0 Å². The molecule has 0 unspecified atom stereocenters. The minimum atomic E-state index is -2.90. The van der Waals surface area contributed by atoms with E-state index < -0.39 is 19.2 Å². The fourth-order valence-corrected chi connectivity index (χ4v) is 3.85. The molecule has 0 spiro atoms. The van der Waals surface area contributed by atoms with E-state index in [1.807, 2.05) is 6.92 Å². The molecule has 1 aromatic carbocycles. The summed E-state index contributed by atoms with van der Waals surface area (Å²) in [5.41, 5.74) is 2.47. The van der Waals surface area contributed by atoms with Crippen LogP contribution in [0.25, 0.3) is 5.69 Å². The Labute approximate surface area is 184 Å². The van der Waals surface area contributed by atoms with E-state index in [0.717, 1.165) is 25.0 Å². The third-order valence-electron chi connectivity index (χ3n) is 5.41. The summed E-state index contributed by atoms with van der Waals surface area (Å²) in [6.07, 6.45) is 3.04. The maximum Gasteiger partial charge on any atom is 0.387 e. The van der Waals surface area contributed by atoms with E-state index in [-0.39, 0.29) is 24.0 Å². The van der Waals surface area contributed by atoms with Crippen molar-refractivity contribution in [3.05, 3.63) is 47.3 Å². The molecule has 1 aliphatic heterocycles. The van der Waals surface area contributed by atoms with Crippen LogP contribution in [0.3, 0.4) is 0 Å². The van der Waals surface area contributed by atoms with Crippen LogP contribution < -0.4 is 4.74 Å². The van der Waals surface area contributed by atoms with Crippen molar-refractivity contribution in [1.29, 1.82) is 0 Å². The van der Waals surface area contributed by atoms with Crippen LogP contribution in [-0.2, 0) is 14.3 Å². The van der Waals surface area contributed by atoms with Crippen molar-refractivity contribution in [2.24, 2.45) is 0 Å². The minimum absolute atomic E-state index is 0.0392. The quantitative estimate of drug-likeness (QED) is 0.453. The molecule has 1 aliphatic rings. The summed E-state index contributed by atoms with van der Waals surface area (Å²) in [6, 6.07) is 7.77. The van der Waals surface area contributed by atoms with Gasteiger partial charge >= 0.3 is 12.6 Å². The maximum absolute atomic E-state index is 12.7. The Morgan fingerprint density at radius 1 is 1.09 bits per heavy atom. The summed E-state index contributed by atoms with van der Waals surface area (Å²) in [6.45, 7) is 0.598. The van der Waals surface area contributed by atoms with Crippen molar-refractivity contribution in [2.75, 3.05) is 19.7 Å². The van der Waals surface area contributed by atoms with Crippen LogP contribution >= 0.6 is 0 Å². The average molecular weight is 448 g/mol. The number of likely N-dealkylation sites (tertiary alicyclic amines) is 1. The van der Waals surface area contributed by atoms with Crippen molar-refractivity contribution in [3.63, 3.8) is 0 Å². The maximum atomic E-state index is 12.7. The normalized spacial score (nSPS) is 14.4. The van der Waals surface area contributed by atoms with Gasteiger partial charge in [0, 0.05) is 35.6 Å². The number of amides is 1. The van der Waals surface area contributed by atoms with Crippen LogP contribution in [-0.4, -0.2) is 53.4 Å². The summed E-state index contributed by atoms with van der Waals surface area (Å²) in [4.78, 5) is 38.3. The van der Waals surface area contributed by atoms with Crippen LogP contribution in [0.1, 0.15) is 47.4 Å². The van der Waals surface area contributed by atoms with Crippen molar-refractivity contribution >= 4 is 17.7 Å². The second-order valence-electron chi connectivity index (χ2n) is 7.70. The van der Waals surface area contributed by atoms with E-state index in [0.29, 0.717) is 29.9 Å². The van der Waals surface area contributed by atoms with Crippen molar-refractivity contribution in [3.8, 4) is 11.4 Å². The van der Waals surface area contributed by atoms with Gasteiger partial charge in [0.2, 0.25) is 11.7 Å². The molecule has 0 radical (unpaired) electrons. The lowest BCUT2D eigenvalue weighted by Gasteiger charge is -2.19. The summed E-state index contributed by atoms with van der Waals surface area (Å²) in [7, 11) is 0. The number of carbonyl (C=O) groups excluding carboxylic acids is 3. The van der Waals surface area contributed by atoms with Gasteiger partial charge in [0.05, 0.1) is 0 Å². The van der Waals surface area contributed by atoms with E-state index in [4.69, 9.17) is 4.74 Å². The molecule has 2 heterocycles. The number of ether oxygens (including phenoxy) is 2. The number of halogens is 2.